The molecule has 6 nitrogen and oxygen atoms in total. The molecule has 0 atom stereocenters. The van der Waals surface area contributed by atoms with Crippen molar-refractivity contribution in [1.29, 1.82) is 0 Å². The summed E-state index contributed by atoms with van der Waals surface area (Å²) in [6, 6.07) is 15.4. The van der Waals surface area contributed by atoms with Crippen LogP contribution in [0.2, 0.25) is 0 Å². The summed E-state index contributed by atoms with van der Waals surface area (Å²) in [7, 11) is -4.34. The molecule has 0 aliphatic rings. The molecule has 192 valence electrons. The number of benzene rings is 3. The minimum atomic E-state index is -4.68. The number of hydrogen-bond acceptors (Lipinski definition) is 4. The van der Waals surface area contributed by atoms with E-state index in [1.54, 1.807) is 19.1 Å². The van der Waals surface area contributed by atoms with E-state index in [0.717, 1.165) is 28.8 Å². The zero-order valence-corrected chi connectivity index (χ0v) is 20.9. The Balaban J connectivity index is 1.78. The molecule has 3 aromatic rings. The van der Waals surface area contributed by atoms with E-state index in [4.69, 9.17) is 4.74 Å². The Hall–Kier alpha value is -3.53. The molecule has 0 aliphatic heterocycles. The standard InChI is InChI=1S/C26H27F3N2O4S/c1-18-7-10-23(11-8-18)36(33,34)31(22-6-4-5-21(16-22)26(27,28)29)17-25(32)30-13-14-35-24-12-9-19(2)15-20(24)3/h4-12,15-16H,13-14,17H2,1-3H3,(H,30,32). The third-order valence-electron chi connectivity index (χ3n) is 5.37. The lowest BCUT2D eigenvalue weighted by atomic mass is 10.1. The van der Waals surface area contributed by atoms with Crippen LogP contribution < -0.4 is 14.4 Å². The summed E-state index contributed by atoms with van der Waals surface area (Å²) in [5, 5.41) is 2.57. The molecular formula is C26H27F3N2O4S. The molecule has 10 heteroatoms. The molecule has 3 aromatic carbocycles. The highest BCUT2D eigenvalue weighted by Gasteiger charge is 2.33. The van der Waals surface area contributed by atoms with E-state index >= 15 is 0 Å². The normalized spacial score (nSPS) is 11.7. The molecule has 1 N–H and O–H groups in total. The largest absolute Gasteiger partial charge is 0.491 e. The van der Waals surface area contributed by atoms with Crippen LogP contribution in [-0.2, 0) is 21.0 Å². The molecular weight excluding hydrogens is 493 g/mol. The van der Waals surface area contributed by atoms with Crippen molar-refractivity contribution in [1.82, 2.24) is 5.32 Å². The lowest BCUT2D eigenvalue weighted by Gasteiger charge is -2.25. The number of sulfonamides is 1. The molecule has 3 rings (SSSR count). The molecule has 0 radical (unpaired) electrons. The number of anilines is 1. The number of hydrogen-bond donors (Lipinski definition) is 1. The second kappa shape index (κ2) is 11.0. The van der Waals surface area contributed by atoms with Crippen LogP contribution in [-0.4, -0.2) is 34.0 Å². The van der Waals surface area contributed by atoms with Crippen LogP contribution in [0.15, 0.2) is 71.6 Å². The number of halogens is 3. The van der Waals surface area contributed by atoms with Crippen molar-refractivity contribution in [3.05, 3.63) is 89.0 Å². The fraction of sp³-hybridized carbons (Fsp3) is 0.269. The third-order valence-corrected chi connectivity index (χ3v) is 7.16. The van der Waals surface area contributed by atoms with Crippen LogP contribution in [0.4, 0.5) is 18.9 Å². The molecule has 0 saturated heterocycles. The monoisotopic (exact) mass is 520 g/mol. The fourth-order valence-electron chi connectivity index (χ4n) is 3.49. The summed E-state index contributed by atoms with van der Waals surface area (Å²) < 4.78 is 72.9. The maximum Gasteiger partial charge on any atom is 0.416 e. The Kier molecular flexibility index (Phi) is 8.29. The van der Waals surface area contributed by atoms with Gasteiger partial charge in [-0.25, -0.2) is 8.42 Å². The van der Waals surface area contributed by atoms with Gasteiger partial charge in [0.2, 0.25) is 5.91 Å². The van der Waals surface area contributed by atoms with Gasteiger partial charge in [0, 0.05) is 0 Å². The van der Waals surface area contributed by atoms with Crippen molar-refractivity contribution < 1.29 is 31.1 Å². The second-order valence-electron chi connectivity index (χ2n) is 8.34. The summed E-state index contributed by atoms with van der Waals surface area (Å²) in [5.74, 6) is -0.0327. The zero-order valence-electron chi connectivity index (χ0n) is 20.1. The van der Waals surface area contributed by atoms with Crippen molar-refractivity contribution in [2.45, 2.75) is 31.8 Å². The molecule has 0 unspecified atom stereocenters. The predicted molar refractivity (Wildman–Crippen MR) is 132 cm³/mol. The number of ether oxygens (including phenoxy) is 1. The summed E-state index contributed by atoms with van der Waals surface area (Å²) in [6.07, 6.45) is -4.68. The van der Waals surface area contributed by atoms with Gasteiger partial charge in [-0.15, -0.1) is 0 Å². The number of nitrogens with one attached hydrogen (secondary N) is 1. The molecule has 1 amide bonds. The van der Waals surface area contributed by atoms with E-state index in [1.165, 1.54) is 18.2 Å². The van der Waals surface area contributed by atoms with Gasteiger partial charge in [-0.05, 0) is 62.7 Å². The Morgan fingerprint density at radius 3 is 2.25 bits per heavy atom. The number of amides is 1. The summed E-state index contributed by atoms with van der Waals surface area (Å²) >= 11 is 0. The average Bonchev–Trinajstić information content (AvgIpc) is 2.81. The molecule has 0 saturated carbocycles. The molecule has 0 aliphatic carbocycles. The fourth-order valence-corrected chi connectivity index (χ4v) is 4.90. The quantitative estimate of drug-likeness (QED) is 0.402. The van der Waals surface area contributed by atoms with Gasteiger partial charge in [-0.1, -0.05) is 41.5 Å². The van der Waals surface area contributed by atoms with Crippen molar-refractivity contribution in [2.24, 2.45) is 0 Å². The lowest BCUT2D eigenvalue weighted by molar-refractivity contribution is -0.137. The van der Waals surface area contributed by atoms with Gasteiger partial charge in [-0.3, -0.25) is 9.10 Å². The van der Waals surface area contributed by atoms with Crippen molar-refractivity contribution in [3.63, 3.8) is 0 Å². The van der Waals surface area contributed by atoms with Crippen LogP contribution in [0.25, 0.3) is 0 Å². The van der Waals surface area contributed by atoms with Crippen molar-refractivity contribution in [2.75, 3.05) is 24.0 Å². The Bertz CT molecular complexity index is 1320. The van der Waals surface area contributed by atoms with Crippen LogP contribution in [0.1, 0.15) is 22.3 Å². The van der Waals surface area contributed by atoms with Gasteiger partial charge in [-0.2, -0.15) is 13.2 Å². The highest BCUT2D eigenvalue weighted by molar-refractivity contribution is 7.92. The van der Waals surface area contributed by atoms with Crippen LogP contribution in [0.5, 0.6) is 5.75 Å². The van der Waals surface area contributed by atoms with Crippen molar-refractivity contribution in [3.8, 4) is 5.75 Å². The van der Waals surface area contributed by atoms with E-state index in [0.29, 0.717) is 16.1 Å². The minimum absolute atomic E-state index is 0.0765. The van der Waals surface area contributed by atoms with E-state index in [-0.39, 0.29) is 23.7 Å². The van der Waals surface area contributed by atoms with Gasteiger partial charge in [0.05, 0.1) is 22.7 Å². The summed E-state index contributed by atoms with van der Waals surface area (Å²) in [4.78, 5) is 12.5. The maximum absolute atomic E-state index is 13.4. The summed E-state index contributed by atoms with van der Waals surface area (Å²) in [6.45, 7) is 5.12. The first-order chi connectivity index (χ1) is 16.9. The first kappa shape index (κ1) is 27.1. The highest BCUT2D eigenvalue weighted by Crippen LogP contribution is 2.33. The molecule has 0 bridgehead atoms. The Labute approximate surface area is 208 Å². The zero-order chi connectivity index (χ0) is 26.5. The average molecular weight is 521 g/mol. The third kappa shape index (κ3) is 6.78. The molecule has 0 heterocycles. The predicted octanol–water partition coefficient (Wildman–Crippen LogP) is 5.02. The second-order valence-corrected chi connectivity index (χ2v) is 10.2. The van der Waals surface area contributed by atoms with E-state index in [2.05, 4.69) is 5.32 Å². The van der Waals surface area contributed by atoms with Crippen LogP contribution in [0.3, 0.4) is 0 Å². The molecule has 0 fully saturated rings. The molecule has 0 aromatic heterocycles. The topological polar surface area (TPSA) is 75.7 Å². The van der Waals surface area contributed by atoms with Crippen LogP contribution >= 0.6 is 0 Å². The van der Waals surface area contributed by atoms with Crippen molar-refractivity contribution >= 4 is 21.6 Å². The van der Waals surface area contributed by atoms with Gasteiger partial charge in [0.25, 0.3) is 10.0 Å². The number of carbonyl (C=O) groups is 1. The van der Waals surface area contributed by atoms with Crippen LogP contribution in [0, 0.1) is 20.8 Å². The number of alkyl halides is 3. The first-order valence-corrected chi connectivity index (χ1v) is 12.6. The highest BCUT2D eigenvalue weighted by atomic mass is 32.2. The number of carbonyl (C=O) groups excluding carboxylic acids is 1. The Morgan fingerprint density at radius 2 is 1.61 bits per heavy atom. The lowest BCUT2D eigenvalue weighted by Crippen LogP contribution is -2.42. The smallest absolute Gasteiger partial charge is 0.416 e. The van der Waals surface area contributed by atoms with Gasteiger partial charge in [0.1, 0.15) is 18.9 Å². The Morgan fingerprint density at radius 1 is 0.944 bits per heavy atom. The summed E-state index contributed by atoms with van der Waals surface area (Å²) in [5.41, 5.74) is 1.53. The number of aryl methyl sites for hydroxylation is 3. The maximum atomic E-state index is 13.4. The first-order valence-electron chi connectivity index (χ1n) is 11.1. The van der Waals surface area contributed by atoms with Gasteiger partial charge >= 0.3 is 6.18 Å². The number of rotatable bonds is 9. The molecule has 36 heavy (non-hydrogen) atoms. The number of nitrogens with zero attached hydrogens (tertiary/aromatic N) is 1. The van der Waals surface area contributed by atoms with E-state index in [9.17, 15) is 26.4 Å². The van der Waals surface area contributed by atoms with Gasteiger partial charge in [0.15, 0.2) is 0 Å². The minimum Gasteiger partial charge on any atom is -0.491 e. The van der Waals surface area contributed by atoms with E-state index in [1.807, 2.05) is 32.0 Å². The SMILES string of the molecule is Cc1ccc(S(=O)(=O)N(CC(=O)NCCOc2ccc(C)cc2C)c2cccc(C(F)(F)F)c2)cc1. The van der Waals surface area contributed by atoms with Gasteiger partial charge < -0.3 is 10.1 Å². The molecule has 0 spiro atoms. The van der Waals surface area contributed by atoms with E-state index < -0.39 is 34.2 Å².